The van der Waals surface area contributed by atoms with Gasteiger partial charge in [0.05, 0.1) is 16.9 Å². The molecule has 16 nitrogen and oxygen atoms in total. The van der Waals surface area contributed by atoms with Crippen molar-refractivity contribution in [3.05, 3.63) is 34.0 Å². The van der Waals surface area contributed by atoms with Crippen LogP contribution < -0.4 is 10.6 Å². The molecule has 1 saturated heterocycles. The molecule has 1 fully saturated rings. The number of nitrogens with one attached hydrogen (secondary N) is 2. The molecule has 252 valence electrons. The third kappa shape index (κ3) is 9.82. The minimum Gasteiger partial charge on any atom is -0.463 e. The van der Waals surface area contributed by atoms with Crippen LogP contribution in [-0.4, -0.2) is 108 Å². The fraction of sp³-hybridized carbons (Fsp3) is 0.552. The van der Waals surface area contributed by atoms with E-state index in [4.69, 9.17) is 23.7 Å². The second-order valence-electron chi connectivity index (χ2n) is 10.7. The topological polar surface area (TPSA) is 194 Å². The maximum absolute atomic E-state index is 13.6. The third-order valence-electron chi connectivity index (χ3n) is 6.60. The van der Waals surface area contributed by atoms with E-state index in [0.29, 0.717) is 30.1 Å². The Labute approximate surface area is 269 Å². The molecule has 46 heavy (non-hydrogen) atoms. The molecular weight excluding hydrogens is 626 g/mol. The van der Waals surface area contributed by atoms with Crippen LogP contribution in [0.4, 0.5) is 5.69 Å². The van der Waals surface area contributed by atoms with Gasteiger partial charge in [0, 0.05) is 40.4 Å². The van der Waals surface area contributed by atoms with Crippen LogP contribution in [-0.2, 0) is 42.9 Å². The van der Waals surface area contributed by atoms with Crippen molar-refractivity contribution in [1.29, 1.82) is 0 Å². The fourth-order valence-electron chi connectivity index (χ4n) is 4.77. The number of hydrogen-bond acceptors (Lipinski definition) is 14. The summed E-state index contributed by atoms with van der Waals surface area (Å²) >= 11 is 1.14. The van der Waals surface area contributed by atoms with Crippen molar-refractivity contribution in [3.63, 3.8) is 0 Å². The SMILES string of the molecule is CC(=O)OC[C@H]1O[C@H](n2cc(NC(=O)c3scnc3C)cc2C(=O)NCCCN(C)C)[C@H](OC(C)=O)[C@H](OC(C)=O)[C@@H]1OC(C)=O. The van der Waals surface area contributed by atoms with Gasteiger partial charge in [0.1, 0.15) is 23.3 Å². The molecule has 0 bridgehead atoms. The maximum Gasteiger partial charge on any atom is 0.303 e. The number of carbonyl (C=O) groups is 6. The van der Waals surface area contributed by atoms with Crippen molar-refractivity contribution in [2.75, 3.05) is 39.1 Å². The highest BCUT2D eigenvalue weighted by Crippen LogP contribution is 2.37. The molecule has 2 aromatic heterocycles. The summed E-state index contributed by atoms with van der Waals surface area (Å²) in [6, 6.07) is 1.41. The number of carbonyl (C=O) groups excluding carboxylic acids is 6. The first-order valence-electron chi connectivity index (χ1n) is 14.3. The zero-order valence-electron chi connectivity index (χ0n) is 26.7. The molecule has 3 rings (SSSR count). The maximum atomic E-state index is 13.6. The summed E-state index contributed by atoms with van der Waals surface area (Å²) in [6.45, 7) is 6.75. The lowest BCUT2D eigenvalue weighted by Gasteiger charge is -2.45. The van der Waals surface area contributed by atoms with Crippen LogP contribution in [0.5, 0.6) is 0 Å². The first kappa shape index (κ1) is 36.1. The Morgan fingerprint density at radius 2 is 1.57 bits per heavy atom. The summed E-state index contributed by atoms with van der Waals surface area (Å²) in [4.78, 5) is 81.5. The molecule has 0 radical (unpaired) electrons. The van der Waals surface area contributed by atoms with E-state index in [1.165, 1.54) is 22.3 Å². The molecule has 3 heterocycles. The zero-order chi connectivity index (χ0) is 34.1. The van der Waals surface area contributed by atoms with E-state index < -0.39 is 72.9 Å². The number of rotatable bonds is 13. The zero-order valence-corrected chi connectivity index (χ0v) is 27.5. The number of amides is 2. The molecule has 1 aliphatic rings. The van der Waals surface area contributed by atoms with Crippen LogP contribution in [0.3, 0.4) is 0 Å². The predicted molar refractivity (Wildman–Crippen MR) is 162 cm³/mol. The average Bonchev–Trinajstić information content (AvgIpc) is 3.57. The lowest BCUT2D eigenvalue weighted by molar-refractivity contribution is -0.268. The molecule has 0 saturated carbocycles. The predicted octanol–water partition coefficient (Wildman–Crippen LogP) is 1.44. The Bertz CT molecular complexity index is 1440. The van der Waals surface area contributed by atoms with Crippen molar-refractivity contribution in [2.24, 2.45) is 0 Å². The summed E-state index contributed by atoms with van der Waals surface area (Å²) in [6.07, 6.45) is -4.94. The van der Waals surface area contributed by atoms with E-state index in [0.717, 1.165) is 39.0 Å². The number of hydrogen-bond donors (Lipinski definition) is 2. The van der Waals surface area contributed by atoms with E-state index in [9.17, 15) is 28.8 Å². The highest BCUT2D eigenvalue weighted by atomic mass is 32.1. The molecule has 17 heteroatoms. The lowest BCUT2D eigenvalue weighted by Crippen LogP contribution is -2.60. The highest BCUT2D eigenvalue weighted by Gasteiger charge is 2.53. The molecule has 0 unspecified atom stereocenters. The van der Waals surface area contributed by atoms with Crippen LogP contribution in [0.1, 0.15) is 66.2 Å². The number of esters is 4. The smallest absolute Gasteiger partial charge is 0.303 e. The van der Waals surface area contributed by atoms with Gasteiger partial charge < -0.3 is 43.8 Å². The van der Waals surface area contributed by atoms with Gasteiger partial charge in [0.2, 0.25) is 0 Å². The molecule has 0 aromatic carbocycles. The van der Waals surface area contributed by atoms with Gasteiger partial charge in [-0.05, 0) is 40.1 Å². The number of thiazole rings is 1. The summed E-state index contributed by atoms with van der Waals surface area (Å²) in [7, 11) is 3.80. The summed E-state index contributed by atoms with van der Waals surface area (Å²) in [5, 5.41) is 5.57. The minimum absolute atomic E-state index is 0.0120. The largest absolute Gasteiger partial charge is 0.463 e. The second kappa shape index (κ2) is 16.3. The number of ether oxygens (including phenoxy) is 5. The number of nitrogens with zero attached hydrogens (tertiary/aromatic N) is 3. The molecule has 5 atom stereocenters. The molecule has 2 N–H and O–H groups in total. The summed E-state index contributed by atoms with van der Waals surface area (Å²) in [5.74, 6) is -4.08. The van der Waals surface area contributed by atoms with Crippen LogP contribution in [0.25, 0.3) is 0 Å². The minimum atomic E-state index is -1.47. The van der Waals surface area contributed by atoms with Crippen molar-refractivity contribution in [3.8, 4) is 0 Å². The van der Waals surface area contributed by atoms with Gasteiger partial charge in [-0.25, -0.2) is 4.98 Å². The van der Waals surface area contributed by atoms with Crippen molar-refractivity contribution in [2.45, 2.75) is 71.7 Å². The van der Waals surface area contributed by atoms with E-state index in [2.05, 4.69) is 15.6 Å². The Balaban J connectivity index is 2.13. The molecule has 2 amide bonds. The normalized spacial score (nSPS) is 20.8. The van der Waals surface area contributed by atoms with E-state index >= 15 is 0 Å². The molecular formula is C29H39N5O11S. The van der Waals surface area contributed by atoms with Crippen molar-refractivity contribution in [1.82, 2.24) is 19.8 Å². The standard InChI is InChI=1S/C29H39N5O11S/c1-15-26(46-14-31-15)28(40)32-20-11-21(27(39)30-9-8-10-33(6)7)34(12-20)29-25(44-19(5)38)24(43-18(4)37)23(42-17(3)36)22(45-29)13-41-16(2)35/h11-12,14,22-25,29H,8-10,13H2,1-7H3,(H,30,39)(H,32,40)/t22-,23-,24-,25-,29+/m1/s1. The lowest BCUT2D eigenvalue weighted by atomic mass is 9.97. The molecule has 0 aliphatic carbocycles. The van der Waals surface area contributed by atoms with E-state index in [-0.39, 0.29) is 11.4 Å². The monoisotopic (exact) mass is 665 g/mol. The van der Waals surface area contributed by atoms with Crippen molar-refractivity contribution < 1.29 is 52.5 Å². The molecule has 0 spiro atoms. The van der Waals surface area contributed by atoms with Gasteiger partial charge in [0.25, 0.3) is 11.8 Å². The number of aryl methyl sites for hydroxylation is 1. The summed E-state index contributed by atoms with van der Waals surface area (Å²) < 4.78 is 29.3. The Morgan fingerprint density at radius 3 is 2.13 bits per heavy atom. The van der Waals surface area contributed by atoms with E-state index in [1.807, 2.05) is 19.0 Å². The van der Waals surface area contributed by atoms with Crippen LogP contribution in [0.2, 0.25) is 0 Å². The van der Waals surface area contributed by atoms with Gasteiger partial charge in [-0.1, -0.05) is 0 Å². The fourth-order valence-corrected chi connectivity index (χ4v) is 5.46. The van der Waals surface area contributed by atoms with Crippen molar-refractivity contribution >= 4 is 52.7 Å². The second-order valence-corrected chi connectivity index (χ2v) is 11.6. The first-order chi connectivity index (χ1) is 21.7. The van der Waals surface area contributed by atoms with Gasteiger partial charge in [-0.15, -0.1) is 11.3 Å². The van der Waals surface area contributed by atoms with Gasteiger partial charge in [-0.3, -0.25) is 28.8 Å². The van der Waals surface area contributed by atoms with Gasteiger partial charge in [-0.2, -0.15) is 0 Å². The Hall–Kier alpha value is -4.35. The van der Waals surface area contributed by atoms with Crippen LogP contribution in [0.15, 0.2) is 17.8 Å². The summed E-state index contributed by atoms with van der Waals surface area (Å²) in [5.41, 5.74) is 2.21. The molecule has 1 aliphatic heterocycles. The molecule has 2 aromatic rings. The van der Waals surface area contributed by atoms with Crippen LogP contribution >= 0.6 is 11.3 Å². The van der Waals surface area contributed by atoms with Gasteiger partial charge >= 0.3 is 23.9 Å². The highest BCUT2D eigenvalue weighted by molar-refractivity contribution is 7.12. The third-order valence-corrected chi connectivity index (χ3v) is 7.53. The quantitative estimate of drug-likeness (QED) is 0.178. The number of aromatic nitrogens is 2. The van der Waals surface area contributed by atoms with Gasteiger partial charge in [0.15, 0.2) is 24.5 Å². The average molecular weight is 666 g/mol. The van der Waals surface area contributed by atoms with Crippen LogP contribution in [0, 0.1) is 6.92 Å². The first-order valence-corrected chi connectivity index (χ1v) is 15.2. The number of anilines is 1. The Morgan fingerprint density at radius 1 is 0.935 bits per heavy atom. The Kier molecular flexibility index (Phi) is 12.8. The van der Waals surface area contributed by atoms with E-state index in [1.54, 1.807) is 6.92 Å².